The van der Waals surface area contributed by atoms with Crippen molar-refractivity contribution in [2.75, 3.05) is 19.8 Å². The van der Waals surface area contributed by atoms with Gasteiger partial charge in [0.25, 0.3) is 0 Å². The molecule has 2 N–H and O–H groups in total. The lowest BCUT2D eigenvalue weighted by Gasteiger charge is -2.29. The standard InChI is InChI=1S/C20H26N2O5/c1-3-10-26-16-9-5-4-8-15(16)18-17(13(2)21-20(24)22-18)19(23)27-12-14-7-6-11-25-14/h4-5,8-9,14,18H,3,6-7,10-12H2,1-2H3,(H2,21,22,24)/t14-,18-/m1/s1. The van der Waals surface area contributed by atoms with Crippen LogP contribution in [0.4, 0.5) is 4.79 Å². The lowest BCUT2D eigenvalue weighted by Crippen LogP contribution is -2.45. The lowest BCUT2D eigenvalue weighted by molar-refractivity contribution is -0.142. The molecule has 2 amide bonds. The Bertz CT molecular complexity index is 725. The molecular weight excluding hydrogens is 348 g/mol. The third kappa shape index (κ3) is 4.60. The zero-order valence-electron chi connectivity index (χ0n) is 15.7. The van der Waals surface area contributed by atoms with Gasteiger partial charge in [-0.05, 0) is 32.3 Å². The summed E-state index contributed by atoms with van der Waals surface area (Å²) in [5.74, 6) is 0.176. The highest BCUT2D eigenvalue weighted by molar-refractivity contribution is 5.95. The van der Waals surface area contributed by atoms with Gasteiger partial charge in [-0.3, -0.25) is 0 Å². The van der Waals surface area contributed by atoms with E-state index in [1.807, 2.05) is 31.2 Å². The molecule has 7 nitrogen and oxygen atoms in total. The van der Waals surface area contributed by atoms with Gasteiger partial charge in [0, 0.05) is 17.9 Å². The number of ether oxygens (including phenoxy) is 3. The van der Waals surface area contributed by atoms with Crippen molar-refractivity contribution < 1.29 is 23.8 Å². The number of hydrogen-bond donors (Lipinski definition) is 2. The maximum absolute atomic E-state index is 12.8. The van der Waals surface area contributed by atoms with E-state index in [0.29, 0.717) is 30.2 Å². The SMILES string of the molecule is CCCOc1ccccc1[C@H]1NC(=O)NC(C)=C1C(=O)OC[C@H]1CCCO1. The summed E-state index contributed by atoms with van der Waals surface area (Å²) in [7, 11) is 0. The average Bonchev–Trinajstić information content (AvgIpc) is 3.17. The van der Waals surface area contributed by atoms with Crippen molar-refractivity contribution in [1.29, 1.82) is 0 Å². The summed E-state index contributed by atoms with van der Waals surface area (Å²) in [5, 5.41) is 5.48. The molecule has 0 aromatic heterocycles. The molecule has 0 radical (unpaired) electrons. The third-order valence-electron chi connectivity index (χ3n) is 4.61. The van der Waals surface area contributed by atoms with Gasteiger partial charge in [0.1, 0.15) is 12.4 Å². The lowest BCUT2D eigenvalue weighted by atomic mass is 9.95. The van der Waals surface area contributed by atoms with E-state index in [9.17, 15) is 9.59 Å². The van der Waals surface area contributed by atoms with Crippen molar-refractivity contribution in [2.45, 2.75) is 45.3 Å². The van der Waals surface area contributed by atoms with Gasteiger partial charge >= 0.3 is 12.0 Å². The molecule has 2 atom stereocenters. The Morgan fingerprint density at radius 1 is 1.33 bits per heavy atom. The molecule has 1 aromatic carbocycles. The highest BCUT2D eigenvalue weighted by Gasteiger charge is 2.34. The maximum atomic E-state index is 12.8. The molecule has 0 unspecified atom stereocenters. The molecule has 0 saturated carbocycles. The molecular formula is C20H26N2O5. The van der Waals surface area contributed by atoms with E-state index in [1.54, 1.807) is 6.92 Å². The molecule has 0 aliphatic carbocycles. The van der Waals surface area contributed by atoms with Gasteiger partial charge < -0.3 is 24.8 Å². The summed E-state index contributed by atoms with van der Waals surface area (Å²) in [5.41, 5.74) is 1.58. The van der Waals surface area contributed by atoms with Crippen molar-refractivity contribution in [1.82, 2.24) is 10.6 Å². The minimum Gasteiger partial charge on any atom is -0.493 e. The van der Waals surface area contributed by atoms with E-state index in [-0.39, 0.29) is 18.7 Å². The number of benzene rings is 1. The highest BCUT2D eigenvalue weighted by Crippen LogP contribution is 2.33. The normalized spacial score (nSPS) is 22.2. The fraction of sp³-hybridized carbons (Fsp3) is 0.500. The van der Waals surface area contributed by atoms with Crippen LogP contribution in [0.2, 0.25) is 0 Å². The second-order valence-electron chi connectivity index (χ2n) is 6.69. The summed E-state index contributed by atoms with van der Waals surface area (Å²) in [6.07, 6.45) is 2.67. The van der Waals surface area contributed by atoms with Crippen molar-refractivity contribution in [3.8, 4) is 5.75 Å². The first kappa shape index (κ1) is 19.2. The van der Waals surface area contributed by atoms with Crippen LogP contribution in [0.15, 0.2) is 35.5 Å². The Labute approximate surface area is 159 Å². The number of carbonyl (C=O) groups excluding carboxylic acids is 2. The summed E-state index contributed by atoms with van der Waals surface area (Å²) in [4.78, 5) is 24.9. The quantitative estimate of drug-likeness (QED) is 0.717. The molecule has 0 bridgehead atoms. The van der Waals surface area contributed by atoms with E-state index >= 15 is 0 Å². The molecule has 146 valence electrons. The molecule has 0 spiro atoms. The van der Waals surface area contributed by atoms with Crippen LogP contribution in [0.25, 0.3) is 0 Å². The van der Waals surface area contributed by atoms with Crippen LogP contribution >= 0.6 is 0 Å². The van der Waals surface area contributed by atoms with E-state index in [4.69, 9.17) is 14.2 Å². The maximum Gasteiger partial charge on any atom is 0.338 e. The van der Waals surface area contributed by atoms with Gasteiger partial charge in [-0.2, -0.15) is 0 Å². The first-order valence-corrected chi connectivity index (χ1v) is 9.39. The van der Waals surface area contributed by atoms with E-state index in [1.165, 1.54) is 0 Å². The number of hydrogen-bond acceptors (Lipinski definition) is 5. The zero-order chi connectivity index (χ0) is 19.2. The third-order valence-corrected chi connectivity index (χ3v) is 4.61. The summed E-state index contributed by atoms with van der Waals surface area (Å²) in [6, 6.07) is 6.41. The van der Waals surface area contributed by atoms with Crippen molar-refractivity contribution in [3.63, 3.8) is 0 Å². The molecule has 2 aliphatic rings. The molecule has 7 heteroatoms. The highest BCUT2D eigenvalue weighted by atomic mass is 16.6. The van der Waals surface area contributed by atoms with Crippen LogP contribution in [0.1, 0.15) is 44.7 Å². The zero-order valence-corrected chi connectivity index (χ0v) is 15.7. The van der Waals surface area contributed by atoms with Crippen molar-refractivity contribution in [3.05, 3.63) is 41.1 Å². The minimum atomic E-state index is -0.635. The Kier molecular flexibility index (Phi) is 6.34. The number of rotatable bonds is 7. The number of esters is 1. The van der Waals surface area contributed by atoms with Crippen LogP contribution in [0.3, 0.4) is 0 Å². The first-order chi connectivity index (χ1) is 13.1. The minimum absolute atomic E-state index is 0.0559. The van der Waals surface area contributed by atoms with Crippen molar-refractivity contribution in [2.24, 2.45) is 0 Å². The summed E-state index contributed by atoms with van der Waals surface area (Å²) >= 11 is 0. The summed E-state index contributed by atoms with van der Waals surface area (Å²) < 4.78 is 16.8. The van der Waals surface area contributed by atoms with Gasteiger partial charge in [0.2, 0.25) is 0 Å². The number of urea groups is 1. The number of allylic oxidation sites excluding steroid dienone is 1. The van der Waals surface area contributed by atoms with E-state index < -0.39 is 12.0 Å². The predicted molar refractivity (Wildman–Crippen MR) is 99.3 cm³/mol. The van der Waals surface area contributed by atoms with Gasteiger partial charge in [0.05, 0.1) is 24.3 Å². The van der Waals surface area contributed by atoms with Crippen LogP contribution < -0.4 is 15.4 Å². The number of carbonyl (C=O) groups is 2. The average molecular weight is 374 g/mol. The fourth-order valence-corrected chi connectivity index (χ4v) is 3.28. The van der Waals surface area contributed by atoms with Crippen LogP contribution in [-0.2, 0) is 14.3 Å². The van der Waals surface area contributed by atoms with Gasteiger partial charge in [0.15, 0.2) is 0 Å². The molecule has 2 aliphatic heterocycles. The van der Waals surface area contributed by atoms with E-state index in [2.05, 4.69) is 10.6 Å². The Morgan fingerprint density at radius 2 is 2.15 bits per heavy atom. The topological polar surface area (TPSA) is 85.9 Å². The Hall–Kier alpha value is -2.54. The van der Waals surface area contributed by atoms with Gasteiger partial charge in [-0.15, -0.1) is 0 Å². The smallest absolute Gasteiger partial charge is 0.338 e. The van der Waals surface area contributed by atoms with Crippen molar-refractivity contribution >= 4 is 12.0 Å². The first-order valence-electron chi connectivity index (χ1n) is 9.39. The molecule has 1 saturated heterocycles. The number of nitrogens with one attached hydrogen (secondary N) is 2. The fourth-order valence-electron chi connectivity index (χ4n) is 3.28. The Balaban J connectivity index is 1.84. The second kappa shape index (κ2) is 8.90. The molecule has 1 aromatic rings. The Morgan fingerprint density at radius 3 is 2.89 bits per heavy atom. The van der Waals surface area contributed by atoms with E-state index in [0.717, 1.165) is 24.8 Å². The van der Waals surface area contributed by atoms with Gasteiger partial charge in [-0.25, -0.2) is 9.59 Å². The molecule has 3 rings (SSSR count). The predicted octanol–water partition coefficient (Wildman–Crippen LogP) is 2.83. The van der Waals surface area contributed by atoms with Crippen LogP contribution in [0, 0.1) is 0 Å². The van der Waals surface area contributed by atoms with Crippen LogP contribution in [-0.4, -0.2) is 37.9 Å². The molecule has 2 heterocycles. The monoisotopic (exact) mass is 374 g/mol. The number of amides is 2. The number of para-hydroxylation sites is 1. The molecule has 27 heavy (non-hydrogen) atoms. The molecule has 1 fully saturated rings. The largest absolute Gasteiger partial charge is 0.493 e. The van der Waals surface area contributed by atoms with Gasteiger partial charge in [-0.1, -0.05) is 25.1 Å². The second-order valence-corrected chi connectivity index (χ2v) is 6.69. The van der Waals surface area contributed by atoms with Crippen LogP contribution in [0.5, 0.6) is 5.75 Å². The summed E-state index contributed by atoms with van der Waals surface area (Å²) in [6.45, 7) is 5.19.